The maximum atomic E-state index is 10.0. The standard InChI is InChI=1S/C11H15NO2/c1-8-2-4-12-10(6-8)11(13)9-3-5-14-7-9/h2,4,6,9,11,13H,3,5,7H2,1H3. The average molecular weight is 193 g/mol. The number of hydrogen-bond acceptors (Lipinski definition) is 3. The normalized spacial score (nSPS) is 23.7. The molecule has 1 aromatic rings. The van der Waals surface area contributed by atoms with E-state index < -0.39 is 6.10 Å². The maximum Gasteiger partial charge on any atom is 0.101 e. The van der Waals surface area contributed by atoms with Gasteiger partial charge in [0.2, 0.25) is 0 Å². The Kier molecular flexibility index (Phi) is 2.79. The van der Waals surface area contributed by atoms with Crippen LogP contribution in [0.5, 0.6) is 0 Å². The third-order valence-electron chi connectivity index (χ3n) is 2.65. The SMILES string of the molecule is Cc1ccnc(C(O)C2CCOC2)c1. The highest BCUT2D eigenvalue weighted by molar-refractivity contribution is 5.16. The molecule has 1 saturated heterocycles. The molecule has 1 aromatic heterocycles. The zero-order valence-corrected chi connectivity index (χ0v) is 8.31. The van der Waals surface area contributed by atoms with Gasteiger partial charge in [-0.3, -0.25) is 4.98 Å². The molecule has 1 aliphatic heterocycles. The van der Waals surface area contributed by atoms with Crippen molar-refractivity contribution in [1.82, 2.24) is 4.98 Å². The second-order valence-electron chi connectivity index (χ2n) is 3.83. The summed E-state index contributed by atoms with van der Waals surface area (Å²) in [5, 5.41) is 10.0. The van der Waals surface area contributed by atoms with Gasteiger partial charge in [0.15, 0.2) is 0 Å². The van der Waals surface area contributed by atoms with Gasteiger partial charge in [-0.05, 0) is 31.0 Å². The van der Waals surface area contributed by atoms with Gasteiger partial charge in [-0.1, -0.05) is 0 Å². The van der Waals surface area contributed by atoms with E-state index in [9.17, 15) is 5.11 Å². The highest BCUT2D eigenvalue weighted by atomic mass is 16.5. The lowest BCUT2D eigenvalue weighted by atomic mass is 9.98. The lowest BCUT2D eigenvalue weighted by Crippen LogP contribution is -2.13. The van der Waals surface area contributed by atoms with Crippen LogP contribution in [0.2, 0.25) is 0 Å². The van der Waals surface area contributed by atoms with Gasteiger partial charge in [0.1, 0.15) is 6.10 Å². The Balaban J connectivity index is 2.13. The van der Waals surface area contributed by atoms with Crippen molar-refractivity contribution in [2.45, 2.75) is 19.4 Å². The summed E-state index contributed by atoms with van der Waals surface area (Å²) in [6.45, 7) is 3.41. The molecule has 0 bridgehead atoms. The van der Waals surface area contributed by atoms with Crippen LogP contribution in [0.15, 0.2) is 18.3 Å². The van der Waals surface area contributed by atoms with Crippen molar-refractivity contribution in [2.24, 2.45) is 5.92 Å². The maximum absolute atomic E-state index is 10.0. The first-order valence-corrected chi connectivity index (χ1v) is 4.96. The first-order valence-electron chi connectivity index (χ1n) is 4.96. The van der Waals surface area contributed by atoms with Crippen LogP contribution in [0, 0.1) is 12.8 Å². The van der Waals surface area contributed by atoms with E-state index in [-0.39, 0.29) is 5.92 Å². The zero-order valence-electron chi connectivity index (χ0n) is 8.31. The number of aromatic nitrogens is 1. The number of aryl methyl sites for hydroxylation is 1. The summed E-state index contributed by atoms with van der Waals surface area (Å²) >= 11 is 0. The molecule has 0 saturated carbocycles. The quantitative estimate of drug-likeness (QED) is 0.773. The van der Waals surface area contributed by atoms with E-state index in [1.54, 1.807) is 6.20 Å². The number of ether oxygens (including phenoxy) is 1. The third kappa shape index (κ3) is 1.94. The fraction of sp³-hybridized carbons (Fsp3) is 0.545. The minimum Gasteiger partial charge on any atom is -0.386 e. The summed E-state index contributed by atoms with van der Waals surface area (Å²) in [4.78, 5) is 4.18. The van der Waals surface area contributed by atoms with Crippen molar-refractivity contribution >= 4 is 0 Å². The van der Waals surface area contributed by atoms with Crippen LogP contribution in [-0.4, -0.2) is 23.3 Å². The number of aliphatic hydroxyl groups excluding tert-OH is 1. The Morgan fingerprint density at radius 1 is 1.64 bits per heavy atom. The van der Waals surface area contributed by atoms with Crippen LogP contribution in [0.3, 0.4) is 0 Å². The van der Waals surface area contributed by atoms with E-state index in [1.807, 2.05) is 19.1 Å². The molecular weight excluding hydrogens is 178 g/mol. The van der Waals surface area contributed by atoms with Crippen LogP contribution in [0.25, 0.3) is 0 Å². The zero-order chi connectivity index (χ0) is 9.97. The molecular formula is C11H15NO2. The highest BCUT2D eigenvalue weighted by Crippen LogP contribution is 2.27. The molecule has 2 atom stereocenters. The fourth-order valence-electron chi connectivity index (χ4n) is 1.76. The van der Waals surface area contributed by atoms with E-state index in [0.29, 0.717) is 6.61 Å². The smallest absolute Gasteiger partial charge is 0.101 e. The van der Waals surface area contributed by atoms with Gasteiger partial charge in [-0.25, -0.2) is 0 Å². The summed E-state index contributed by atoms with van der Waals surface area (Å²) in [7, 11) is 0. The number of aliphatic hydroxyl groups is 1. The first kappa shape index (κ1) is 9.62. The van der Waals surface area contributed by atoms with E-state index in [2.05, 4.69) is 4.98 Å². The van der Waals surface area contributed by atoms with Crippen molar-refractivity contribution in [3.05, 3.63) is 29.6 Å². The van der Waals surface area contributed by atoms with E-state index in [1.165, 1.54) is 0 Å². The molecule has 0 aliphatic carbocycles. The van der Waals surface area contributed by atoms with E-state index in [4.69, 9.17) is 4.74 Å². The van der Waals surface area contributed by atoms with Crippen molar-refractivity contribution in [2.75, 3.05) is 13.2 Å². The minimum absolute atomic E-state index is 0.212. The molecule has 2 rings (SSSR count). The van der Waals surface area contributed by atoms with Gasteiger partial charge in [0.25, 0.3) is 0 Å². The van der Waals surface area contributed by atoms with Gasteiger partial charge in [-0.15, -0.1) is 0 Å². The van der Waals surface area contributed by atoms with E-state index in [0.717, 1.165) is 24.3 Å². The molecule has 2 heterocycles. The van der Waals surface area contributed by atoms with Crippen LogP contribution in [0.1, 0.15) is 23.8 Å². The van der Waals surface area contributed by atoms with Crippen molar-refractivity contribution in [1.29, 1.82) is 0 Å². The number of rotatable bonds is 2. The molecule has 2 unspecified atom stereocenters. The molecule has 1 fully saturated rings. The highest BCUT2D eigenvalue weighted by Gasteiger charge is 2.25. The summed E-state index contributed by atoms with van der Waals surface area (Å²) in [5.41, 5.74) is 1.90. The Morgan fingerprint density at radius 3 is 3.14 bits per heavy atom. The van der Waals surface area contributed by atoms with Crippen molar-refractivity contribution in [3.8, 4) is 0 Å². The first-order chi connectivity index (χ1) is 6.77. The molecule has 14 heavy (non-hydrogen) atoms. The van der Waals surface area contributed by atoms with Gasteiger partial charge < -0.3 is 9.84 Å². The molecule has 3 heteroatoms. The van der Waals surface area contributed by atoms with Gasteiger partial charge in [0, 0.05) is 18.7 Å². The van der Waals surface area contributed by atoms with Crippen LogP contribution in [0.4, 0.5) is 0 Å². The summed E-state index contributed by atoms with van der Waals surface area (Å²) < 4.78 is 5.24. The predicted octanol–water partition coefficient (Wildman–Crippen LogP) is 1.46. The Labute approximate surface area is 83.7 Å². The molecule has 0 amide bonds. The van der Waals surface area contributed by atoms with Gasteiger partial charge in [0.05, 0.1) is 12.3 Å². The van der Waals surface area contributed by atoms with E-state index >= 15 is 0 Å². The predicted molar refractivity (Wildman–Crippen MR) is 52.9 cm³/mol. The van der Waals surface area contributed by atoms with Gasteiger partial charge >= 0.3 is 0 Å². The third-order valence-corrected chi connectivity index (χ3v) is 2.65. The van der Waals surface area contributed by atoms with Gasteiger partial charge in [-0.2, -0.15) is 0 Å². The molecule has 76 valence electrons. The molecule has 0 spiro atoms. The van der Waals surface area contributed by atoms with Crippen molar-refractivity contribution in [3.63, 3.8) is 0 Å². The van der Waals surface area contributed by atoms with Crippen LogP contribution < -0.4 is 0 Å². The molecule has 0 radical (unpaired) electrons. The summed E-state index contributed by atoms with van der Waals surface area (Å²) in [6, 6.07) is 3.87. The molecule has 1 N–H and O–H groups in total. The lowest BCUT2D eigenvalue weighted by molar-refractivity contribution is 0.0885. The Hall–Kier alpha value is -0.930. The average Bonchev–Trinajstić information content (AvgIpc) is 2.69. The molecule has 0 aromatic carbocycles. The Morgan fingerprint density at radius 2 is 2.50 bits per heavy atom. The topological polar surface area (TPSA) is 42.4 Å². The Bertz CT molecular complexity index is 308. The largest absolute Gasteiger partial charge is 0.386 e. The lowest BCUT2D eigenvalue weighted by Gasteiger charge is -2.15. The van der Waals surface area contributed by atoms with Crippen molar-refractivity contribution < 1.29 is 9.84 Å². The minimum atomic E-state index is -0.475. The second kappa shape index (κ2) is 4.07. The second-order valence-corrected chi connectivity index (χ2v) is 3.83. The number of hydrogen-bond donors (Lipinski definition) is 1. The summed E-state index contributed by atoms with van der Waals surface area (Å²) in [5.74, 6) is 0.212. The van der Waals surface area contributed by atoms with Crippen LogP contribution >= 0.6 is 0 Å². The number of pyridine rings is 1. The fourth-order valence-corrected chi connectivity index (χ4v) is 1.76. The summed E-state index contributed by atoms with van der Waals surface area (Å²) in [6.07, 6.45) is 2.19. The van der Waals surface area contributed by atoms with Crippen LogP contribution in [-0.2, 0) is 4.74 Å². The number of nitrogens with zero attached hydrogens (tertiary/aromatic N) is 1. The molecule has 3 nitrogen and oxygen atoms in total. The molecule has 1 aliphatic rings. The monoisotopic (exact) mass is 193 g/mol.